The Hall–Kier alpha value is -1.87. The molecule has 0 spiro atoms. The van der Waals surface area contributed by atoms with Crippen molar-refractivity contribution in [2.45, 2.75) is 12.8 Å². The first-order chi connectivity index (χ1) is 14.7. The molecule has 2 N–H and O–H groups in total. The molecule has 0 saturated carbocycles. The summed E-state index contributed by atoms with van der Waals surface area (Å²) in [6, 6.07) is 17.4. The van der Waals surface area contributed by atoms with Crippen molar-refractivity contribution in [3.8, 4) is 0 Å². The molecule has 0 aromatic heterocycles. The molecule has 2 aliphatic heterocycles. The van der Waals surface area contributed by atoms with Crippen molar-refractivity contribution in [3.05, 3.63) is 66.0 Å². The Labute approximate surface area is 202 Å². The zero-order valence-electron chi connectivity index (χ0n) is 18.0. The van der Waals surface area contributed by atoms with Crippen LogP contribution in [-0.2, 0) is 6.42 Å². The number of aliphatic imine (C=N–C) groups is 1. The van der Waals surface area contributed by atoms with Gasteiger partial charge in [0.1, 0.15) is 5.82 Å². The van der Waals surface area contributed by atoms with E-state index in [4.69, 9.17) is 10.7 Å². The predicted octanol–water partition coefficient (Wildman–Crippen LogP) is 3.45. The topological polar surface area (TPSA) is 48.1 Å². The van der Waals surface area contributed by atoms with Crippen LogP contribution in [0.5, 0.6) is 0 Å². The number of benzene rings is 2. The van der Waals surface area contributed by atoms with Crippen molar-refractivity contribution in [2.24, 2.45) is 16.6 Å². The molecule has 2 fully saturated rings. The maximum Gasteiger partial charge on any atom is 0.191 e. The first-order valence-electron chi connectivity index (χ1n) is 11.0. The fourth-order valence-corrected chi connectivity index (χ4v) is 4.37. The average Bonchev–Trinajstić information content (AvgIpc) is 3.25. The third kappa shape index (κ3) is 6.80. The van der Waals surface area contributed by atoms with Gasteiger partial charge in [-0.2, -0.15) is 0 Å². The number of halogens is 2. The van der Waals surface area contributed by atoms with Crippen LogP contribution in [0.1, 0.15) is 12.0 Å². The van der Waals surface area contributed by atoms with E-state index in [0.717, 1.165) is 64.5 Å². The molecule has 1 unspecified atom stereocenters. The SMILES string of the molecule is I.NC(=NCC1CCN(CCc2ccccc2)C1)N1CCN(c2ccc(F)cc2)CC1. The molecule has 7 heteroatoms. The summed E-state index contributed by atoms with van der Waals surface area (Å²) in [6.07, 6.45) is 2.31. The molecule has 2 aromatic rings. The van der Waals surface area contributed by atoms with Gasteiger partial charge in [-0.05, 0) is 55.1 Å². The van der Waals surface area contributed by atoms with Crippen LogP contribution in [0.15, 0.2) is 59.6 Å². The highest BCUT2D eigenvalue weighted by atomic mass is 127. The van der Waals surface area contributed by atoms with Crippen LogP contribution in [0.3, 0.4) is 0 Å². The Kier molecular flexibility index (Phi) is 8.95. The van der Waals surface area contributed by atoms with E-state index < -0.39 is 0 Å². The number of guanidine groups is 1. The number of nitrogens with zero attached hydrogens (tertiary/aromatic N) is 4. The second-order valence-corrected chi connectivity index (χ2v) is 8.34. The Morgan fingerprint density at radius 2 is 1.68 bits per heavy atom. The quantitative estimate of drug-likeness (QED) is 0.349. The largest absolute Gasteiger partial charge is 0.370 e. The maximum atomic E-state index is 13.1. The molecule has 4 rings (SSSR count). The first kappa shape index (κ1) is 23.8. The highest BCUT2D eigenvalue weighted by molar-refractivity contribution is 14.0. The van der Waals surface area contributed by atoms with Gasteiger partial charge in [0.25, 0.3) is 0 Å². The lowest BCUT2D eigenvalue weighted by Crippen LogP contribution is -2.51. The van der Waals surface area contributed by atoms with Crippen molar-refractivity contribution in [3.63, 3.8) is 0 Å². The molecule has 0 amide bonds. The average molecular weight is 537 g/mol. The zero-order chi connectivity index (χ0) is 20.8. The monoisotopic (exact) mass is 537 g/mol. The van der Waals surface area contributed by atoms with Gasteiger partial charge in [-0.15, -0.1) is 24.0 Å². The molecule has 0 aliphatic carbocycles. The number of hydrogen-bond donors (Lipinski definition) is 1. The van der Waals surface area contributed by atoms with Crippen LogP contribution < -0.4 is 10.6 Å². The summed E-state index contributed by atoms with van der Waals surface area (Å²) >= 11 is 0. The summed E-state index contributed by atoms with van der Waals surface area (Å²) in [5.41, 5.74) is 8.76. The normalized spacial score (nSPS) is 20.0. The van der Waals surface area contributed by atoms with Gasteiger partial charge in [0.05, 0.1) is 0 Å². The molecule has 2 aliphatic rings. The molecule has 0 bridgehead atoms. The highest BCUT2D eigenvalue weighted by Crippen LogP contribution is 2.18. The fourth-order valence-electron chi connectivity index (χ4n) is 4.37. The van der Waals surface area contributed by atoms with Crippen LogP contribution in [0.25, 0.3) is 0 Å². The summed E-state index contributed by atoms with van der Waals surface area (Å²) in [5, 5.41) is 0. The van der Waals surface area contributed by atoms with E-state index in [1.54, 1.807) is 0 Å². The minimum atomic E-state index is -0.195. The van der Waals surface area contributed by atoms with Crippen LogP contribution in [0.2, 0.25) is 0 Å². The van der Waals surface area contributed by atoms with Crippen LogP contribution >= 0.6 is 24.0 Å². The fraction of sp³-hybridized carbons (Fsp3) is 0.458. The number of rotatable bonds is 6. The molecule has 2 aromatic carbocycles. The van der Waals surface area contributed by atoms with Crippen molar-refractivity contribution in [1.29, 1.82) is 0 Å². The smallest absolute Gasteiger partial charge is 0.191 e. The highest BCUT2D eigenvalue weighted by Gasteiger charge is 2.23. The zero-order valence-corrected chi connectivity index (χ0v) is 20.3. The molecule has 2 heterocycles. The van der Waals surface area contributed by atoms with Crippen molar-refractivity contribution >= 4 is 35.6 Å². The molecular weight excluding hydrogens is 504 g/mol. The lowest BCUT2D eigenvalue weighted by molar-refractivity contribution is 0.329. The van der Waals surface area contributed by atoms with Gasteiger partial charge in [-0.1, -0.05) is 30.3 Å². The van der Waals surface area contributed by atoms with E-state index in [-0.39, 0.29) is 29.8 Å². The van der Waals surface area contributed by atoms with Gasteiger partial charge in [-0.25, -0.2) is 4.39 Å². The van der Waals surface area contributed by atoms with E-state index in [9.17, 15) is 4.39 Å². The Morgan fingerprint density at radius 1 is 0.968 bits per heavy atom. The summed E-state index contributed by atoms with van der Waals surface area (Å²) in [4.78, 5) is 11.7. The first-order valence-corrected chi connectivity index (χ1v) is 11.0. The number of nitrogens with two attached hydrogens (primary N) is 1. The van der Waals surface area contributed by atoms with E-state index in [1.165, 1.54) is 24.1 Å². The summed E-state index contributed by atoms with van der Waals surface area (Å²) in [6.45, 7) is 7.64. The lowest BCUT2D eigenvalue weighted by Gasteiger charge is -2.36. The molecule has 0 radical (unpaired) electrons. The van der Waals surface area contributed by atoms with Crippen LogP contribution in [0, 0.1) is 11.7 Å². The van der Waals surface area contributed by atoms with E-state index in [1.807, 2.05) is 12.1 Å². The van der Waals surface area contributed by atoms with Gasteiger partial charge in [0.15, 0.2) is 5.96 Å². The van der Waals surface area contributed by atoms with Gasteiger partial charge in [0, 0.05) is 51.5 Å². The third-order valence-corrected chi connectivity index (χ3v) is 6.24. The van der Waals surface area contributed by atoms with Crippen molar-refractivity contribution in [1.82, 2.24) is 9.80 Å². The Bertz CT molecular complexity index is 822. The number of hydrogen-bond acceptors (Lipinski definition) is 3. The van der Waals surface area contributed by atoms with Crippen LogP contribution in [0.4, 0.5) is 10.1 Å². The summed E-state index contributed by atoms with van der Waals surface area (Å²) in [5.74, 6) is 1.07. The van der Waals surface area contributed by atoms with Crippen molar-refractivity contribution < 1.29 is 4.39 Å². The summed E-state index contributed by atoms with van der Waals surface area (Å²) < 4.78 is 13.1. The molecule has 31 heavy (non-hydrogen) atoms. The molecule has 1 atom stereocenters. The molecule has 168 valence electrons. The number of anilines is 1. The molecule has 2 saturated heterocycles. The predicted molar refractivity (Wildman–Crippen MR) is 137 cm³/mol. The van der Waals surface area contributed by atoms with E-state index >= 15 is 0 Å². The molecular formula is C24H33FIN5. The van der Waals surface area contributed by atoms with Gasteiger partial charge in [0.2, 0.25) is 0 Å². The minimum absolute atomic E-state index is 0. The van der Waals surface area contributed by atoms with E-state index in [0.29, 0.717) is 11.9 Å². The lowest BCUT2D eigenvalue weighted by atomic mass is 10.1. The number of likely N-dealkylation sites (tertiary alicyclic amines) is 1. The molecule has 5 nitrogen and oxygen atoms in total. The summed E-state index contributed by atoms with van der Waals surface area (Å²) in [7, 11) is 0. The standard InChI is InChI=1S/C24H32FN5.HI/c25-22-6-8-23(9-7-22)29-14-16-30(17-15-29)24(26)27-18-21-11-13-28(19-21)12-10-20-4-2-1-3-5-20;/h1-9,21H,10-19H2,(H2,26,27);1H. The van der Waals surface area contributed by atoms with Crippen LogP contribution in [-0.4, -0.2) is 68.1 Å². The Morgan fingerprint density at radius 3 is 2.39 bits per heavy atom. The van der Waals surface area contributed by atoms with Gasteiger partial charge >= 0.3 is 0 Å². The third-order valence-electron chi connectivity index (χ3n) is 6.24. The van der Waals surface area contributed by atoms with Crippen molar-refractivity contribution in [2.75, 3.05) is 57.3 Å². The second kappa shape index (κ2) is 11.7. The maximum absolute atomic E-state index is 13.1. The van der Waals surface area contributed by atoms with Gasteiger partial charge in [-0.3, -0.25) is 4.99 Å². The van der Waals surface area contributed by atoms with E-state index in [2.05, 4.69) is 45.0 Å². The van der Waals surface area contributed by atoms with Gasteiger partial charge < -0.3 is 20.4 Å². The number of piperazine rings is 1. The second-order valence-electron chi connectivity index (χ2n) is 8.34. The minimum Gasteiger partial charge on any atom is -0.370 e. The Balaban J connectivity index is 0.00000272.